The van der Waals surface area contributed by atoms with Crippen LogP contribution in [0.4, 0.5) is 0 Å². The average molecular weight is 1420 g/mol. The van der Waals surface area contributed by atoms with E-state index in [4.69, 9.17) is 37.9 Å². The molecule has 0 bridgehead atoms. The van der Waals surface area contributed by atoms with Crippen molar-refractivity contribution >= 4 is 35.8 Å². The van der Waals surface area contributed by atoms with Crippen LogP contribution in [0.1, 0.15) is 229 Å². The summed E-state index contributed by atoms with van der Waals surface area (Å²) in [6.07, 6.45) is 4.40. The van der Waals surface area contributed by atoms with Crippen molar-refractivity contribution in [2.75, 3.05) is 26.4 Å². The summed E-state index contributed by atoms with van der Waals surface area (Å²) in [6.45, 7) is 16.8. The predicted molar refractivity (Wildman–Crippen MR) is 402 cm³/mol. The highest BCUT2D eigenvalue weighted by Crippen LogP contribution is 2.45. The second-order valence-corrected chi connectivity index (χ2v) is 25.5. The minimum atomic E-state index is -0.756. The standard InChI is InChI=1S/C87H96N4O14/c1-9-60-64(13-5)80(84(94)102-52-56-35-21-17-22-36-56)88-76(60)74(77-61(10-2)65(14-6)81(89-77)85(95)103-53-57-37-23-18-24-38-57)68-43-29-31-45-70(68)98-47-33-49-100-72(92)51-73(93)101-50-34-48-99-71-46-32-30-44-69(71)75(78-62(11-3)66(15-7)82(90-78)86(96)104-54-58-39-25-19-26-40-58)79-63(12-4)67(16-8)83(91-79)87(97)105-55-59-41-27-20-28-42-59/h17-32,35-46,74-75,88-91H,9-16,33-34,47-55H2,1-8H3. The van der Waals surface area contributed by atoms with Crippen LogP contribution in [0.15, 0.2) is 170 Å². The molecule has 0 spiro atoms. The van der Waals surface area contributed by atoms with E-state index in [0.29, 0.717) is 85.6 Å². The lowest BCUT2D eigenvalue weighted by atomic mass is 9.85. The first-order chi connectivity index (χ1) is 51.3. The van der Waals surface area contributed by atoms with Crippen molar-refractivity contribution in [1.82, 2.24) is 19.9 Å². The van der Waals surface area contributed by atoms with E-state index in [1.54, 1.807) is 0 Å². The van der Waals surface area contributed by atoms with E-state index in [9.17, 15) is 28.8 Å². The first kappa shape index (κ1) is 76.5. The highest BCUT2D eigenvalue weighted by Gasteiger charge is 2.37. The third-order valence-corrected chi connectivity index (χ3v) is 19.0. The van der Waals surface area contributed by atoms with Crippen LogP contribution in [-0.2, 0) is 116 Å². The van der Waals surface area contributed by atoms with E-state index >= 15 is 0 Å². The van der Waals surface area contributed by atoms with Gasteiger partial charge in [-0.3, -0.25) is 9.59 Å². The number of benzene rings is 6. The number of para-hydroxylation sites is 2. The normalized spacial score (nSPS) is 11.2. The van der Waals surface area contributed by atoms with Crippen molar-refractivity contribution in [2.45, 2.75) is 164 Å². The predicted octanol–water partition coefficient (Wildman–Crippen LogP) is 17.0. The van der Waals surface area contributed by atoms with Gasteiger partial charge in [-0.2, -0.15) is 0 Å². The molecular formula is C87H96N4O14. The van der Waals surface area contributed by atoms with E-state index in [0.717, 1.165) is 101 Å². The molecule has 4 heterocycles. The second-order valence-electron chi connectivity index (χ2n) is 25.5. The van der Waals surface area contributed by atoms with Gasteiger partial charge < -0.3 is 57.8 Å². The third-order valence-electron chi connectivity index (χ3n) is 19.0. The van der Waals surface area contributed by atoms with Gasteiger partial charge in [-0.05, 0) is 130 Å². The maximum Gasteiger partial charge on any atom is 0.355 e. The number of esters is 6. The molecule has 0 aliphatic heterocycles. The molecule has 0 fully saturated rings. The van der Waals surface area contributed by atoms with Crippen LogP contribution in [-0.4, -0.2) is 82.2 Å². The van der Waals surface area contributed by atoms with Gasteiger partial charge in [0.1, 0.15) is 67.1 Å². The molecule has 4 N–H and O–H groups in total. The van der Waals surface area contributed by atoms with E-state index in [1.807, 2.05) is 198 Å². The third kappa shape index (κ3) is 18.6. The van der Waals surface area contributed by atoms with Crippen LogP contribution in [0, 0.1) is 0 Å². The fourth-order valence-electron chi connectivity index (χ4n) is 14.1. The zero-order chi connectivity index (χ0) is 74.2. The summed E-state index contributed by atoms with van der Waals surface area (Å²) in [6, 6.07) is 53.4. The highest BCUT2D eigenvalue weighted by molar-refractivity contribution is 5.93. The van der Waals surface area contributed by atoms with Crippen LogP contribution in [0.25, 0.3) is 0 Å². The van der Waals surface area contributed by atoms with E-state index in [-0.39, 0.29) is 65.7 Å². The van der Waals surface area contributed by atoms with Crippen LogP contribution >= 0.6 is 0 Å². The number of carbonyl (C=O) groups excluding carboxylic acids is 6. The molecule has 548 valence electrons. The molecular weight excluding hydrogens is 1320 g/mol. The molecule has 18 heteroatoms. The zero-order valence-electron chi connectivity index (χ0n) is 61.5. The summed E-state index contributed by atoms with van der Waals surface area (Å²) in [7, 11) is 0. The van der Waals surface area contributed by atoms with Gasteiger partial charge in [0.25, 0.3) is 0 Å². The van der Waals surface area contributed by atoms with Gasteiger partial charge in [-0.1, -0.05) is 213 Å². The largest absolute Gasteiger partial charge is 0.493 e. The molecule has 0 atom stereocenters. The van der Waals surface area contributed by atoms with Gasteiger partial charge in [-0.15, -0.1) is 0 Å². The maximum absolute atomic E-state index is 14.2. The molecule has 0 saturated carbocycles. The Hall–Kier alpha value is -11.1. The molecule has 10 aromatic rings. The number of hydrogen-bond donors (Lipinski definition) is 4. The Balaban J connectivity index is 0.811. The second kappa shape index (κ2) is 37.9. The van der Waals surface area contributed by atoms with Gasteiger partial charge in [0.05, 0.1) is 38.3 Å². The van der Waals surface area contributed by atoms with Crippen molar-refractivity contribution in [2.24, 2.45) is 0 Å². The summed E-state index contributed by atoms with van der Waals surface area (Å²) in [5.41, 5.74) is 16.5. The maximum atomic E-state index is 14.2. The molecule has 0 radical (unpaired) electrons. The number of ether oxygens (including phenoxy) is 8. The summed E-state index contributed by atoms with van der Waals surface area (Å²) in [5, 5.41) is 0. The van der Waals surface area contributed by atoms with Crippen molar-refractivity contribution in [3.8, 4) is 11.5 Å². The minimum Gasteiger partial charge on any atom is -0.493 e. The number of aromatic amines is 4. The average Bonchev–Trinajstić information content (AvgIpc) is 1.61. The Morgan fingerprint density at radius 2 is 0.524 bits per heavy atom. The first-order valence-corrected chi connectivity index (χ1v) is 36.8. The minimum absolute atomic E-state index is 0.0505. The monoisotopic (exact) mass is 1420 g/mol. The van der Waals surface area contributed by atoms with Crippen molar-refractivity contribution < 1.29 is 66.7 Å². The molecule has 0 saturated heterocycles. The topological polar surface area (TPSA) is 239 Å². The Bertz CT molecular complexity index is 4040. The highest BCUT2D eigenvalue weighted by atomic mass is 16.6. The van der Waals surface area contributed by atoms with Gasteiger partial charge >= 0.3 is 35.8 Å². The van der Waals surface area contributed by atoms with E-state index in [1.165, 1.54) is 0 Å². The molecule has 6 aromatic carbocycles. The Morgan fingerprint density at radius 1 is 0.286 bits per heavy atom. The summed E-state index contributed by atoms with van der Waals surface area (Å²) < 4.78 is 48.2. The number of rotatable bonds is 38. The van der Waals surface area contributed by atoms with Crippen LogP contribution in [0.3, 0.4) is 0 Å². The summed E-state index contributed by atoms with van der Waals surface area (Å²) in [5.74, 6) is -3.60. The molecule has 18 nitrogen and oxygen atoms in total. The number of H-pyrrole nitrogens is 4. The van der Waals surface area contributed by atoms with Crippen LogP contribution in [0.5, 0.6) is 11.5 Å². The Morgan fingerprint density at radius 3 is 0.771 bits per heavy atom. The first-order valence-electron chi connectivity index (χ1n) is 36.8. The van der Waals surface area contributed by atoms with Crippen molar-refractivity contribution in [1.29, 1.82) is 0 Å². The molecule has 4 aromatic heterocycles. The van der Waals surface area contributed by atoms with E-state index < -0.39 is 54.1 Å². The van der Waals surface area contributed by atoms with E-state index in [2.05, 4.69) is 47.6 Å². The molecule has 0 unspecified atom stereocenters. The molecule has 105 heavy (non-hydrogen) atoms. The molecule has 0 amide bonds. The fourth-order valence-corrected chi connectivity index (χ4v) is 14.1. The Kier molecular flexibility index (Phi) is 27.6. The molecule has 0 aliphatic rings. The van der Waals surface area contributed by atoms with Gasteiger partial charge in [0.2, 0.25) is 0 Å². The lowest BCUT2D eigenvalue weighted by molar-refractivity contribution is -0.154. The van der Waals surface area contributed by atoms with Gasteiger partial charge in [0.15, 0.2) is 0 Å². The zero-order valence-corrected chi connectivity index (χ0v) is 61.5. The lowest BCUT2D eigenvalue weighted by Crippen LogP contribution is -2.17. The van der Waals surface area contributed by atoms with Crippen molar-refractivity contribution in [3.05, 3.63) is 293 Å². The number of aromatic nitrogens is 4. The summed E-state index contributed by atoms with van der Waals surface area (Å²) >= 11 is 0. The summed E-state index contributed by atoms with van der Waals surface area (Å²) in [4.78, 5) is 97.5. The smallest absolute Gasteiger partial charge is 0.355 e. The van der Waals surface area contributed by atoms with Gasteiger partial charge in [-0.25, -0.2) is 19.2 Å². The lowest BCUT2D eigenvalue weighted by Gasteiger charge is -2.23. The van der Waals surface area contributed by atoms with Crippen LogP contribution in [0.2, 0.25) is 0 Å². The molecule has 0 aliphatic carbocycles. The molecule has 10 rings (SSSR count). The Labute approximate surface area is 614 Å². The number of carbonyl (C=O) groups is 6. The number of nitrogens with one attached hydrogen (secondary N) is 4. The fraction of sp³-hybridized carbons (Fsp3) is 0.333. The van der Waals surface area contributed by atoms with Crippen LogP contribution < -0.4 is 9.47 Å². The van der Waals surface area contributed by atoms with Gasteiger partial charge in [0, 0.05) is 46.7 Å². The SMILES string of the molecule is CCc1c(C(=O)OCc2ccccc2)[nH]c(C(c2ccccc2OCCCOC(=O)CC(=O)OCCCOc2ccccc2C(c2[nH]c(C(=O)OCc3ccccc3)c(CC)c2CC)c2[nH]c(C(=O)OCc3ccccc3)c(CC)c2CC)c2[nH]c(C(=O)OCc3ccccc3)c(CC)c2CC)c1CC. The van der Waals surface area contributed by atoms with Crippen molar-refractivity contribution in [3.63, 3.8) is 0 Å². The quantitative estimate of drug-likeness (QED) is 0.0122. The number of hydrogen-bond acceptors (Lipinski definition) is 14.